The van der Waals surface area contributed by atoms with Gasteiger partial charge < -0.3 is 15.2 Å². The molecule has 0 spiro atoms. The highest BCUT2D eigenvalue weighted by molar-refractivity contribution is 6.31. The summed E-state index contributed by atoms with van der Waals surface area (Å²) in [6.07, 6.45) is -5.28. The number of halogens is 4. The maximum Gasteiger partial charge on any atom is 0.416 e. The summed E-state index contributed by atoms with van der Waals surface area (Å²) < 4.78 is 39.6. The molecule has 0 aliphatic heterocycles. The molecule has 9 heteroatoms. The number of alkyl halides is 3. The molecule has 1 heterocycles. The Labute approximate surface area is 161 Å². The molecule has 0 amide bonds. The van der Waals surface area contributed by atoms with Crippen LogP contribution in [-0.2, 0) is 17.4 Å². The predicted molar refractivity (Wildman–Crippen MR) is 97.6 cm³/mol. The number of aromatic nitrogens is 1. The number of hydrogen-bond acceptors (Lipinski definition) is 3. The zero-order valence-electron chi connectivity index (χ0n) is 14.1. The van der Waals surface area contributed by atoms with E-state index in [0.717, 1.165) is 18.2 Å². The minimum atomic E-state index is -4.63. The minimum absolute atomic E-state index is 0.0195. The van der Waals surface area contributed by atoms with Crippen molar-refractivity contribution >= 4 is 28.5 Å². The summed E-state index contributed by atoms with van der Waals surface area (Å²) in [4.78, 5) is 26.0. The number of carboxylic acids is 1. The standard InChI is InChI=1S/C19H13ClF3NO4/c20-10-2-5-15(25)13(8-10)17-11(3-6-16(26)27)18(28)24-14-4-1-9(7-12(14)17)19(21,22)23/h1-2,4-5,7-8,25H,3,6H2,(H,24,28)(H,26,27). The second-order valence-electron chi connectivity index (χ2n) is 6.12. The van der Waals surface area contributed by atoms with E-state index in [0.29, 0.717) is 0 Å². The quantitative estimate of drug-likeness (QED) is 0.585. The van der Waals surface area contributed by atoms with Crippen molar-refractivity contribution in [2.75, 3.05) is 0 Å². The summed E-state index contributed by atoms with van der Waals surface area (Å²) in [5.74, 6) is -1.48. The lowest BCUT2D eigenvalue weighted by atomic mass is 9.92. The van der Waals surface area contributed by atoms with Gasteiger partial charge in [0.1, 0.15) is 5.75 Å². The second-order valence-corrected chi connectivity index (χ2v) is 6.56. The number of carboxylic acid groups (broad SMARTS) is 1. The third kappa shape index (κ3) is 3.82. The van der Waals surface area contributed by atoms with Gasteiger partial charge in [-0.3, -0.25) is 9.59 Å². The van der Waals surface area contributed by atoms with Gasteiger partial charge in [0.25, 0.3) is 5.56 Å². The van der Waals surface area contributed by atoms with Gasteiger partial charge in [0, 0.05) is 39.0 Å². The topological polar surface area (TPSA) is 90.4 Å². The Hall–Kier alpha value is -3.00. The number of aromatic amines is 1. The number of H-pyrrole nitrogens is 1. The Kier molecular flexibility index (Phi) is 5.08. The summed E-state index contributed by atoms with van der Waals surface area (Å²) >= 11 is 5.97. The van der Waals surface area contributed by atoms with Gasteiger partial charge in [0.05, 0.1) is 5.56 Å². The first-order valence-corrected chi connectivity index (χ1v) is 8.42. The van der Waals surface area contributed by atoms with Crippen LogP contribution in [0.4, 0.5) is 13.2 Å². The number of phenolic OH excluding ortho intramolecular Hbond substituents is 1. The van der Waals surface area contributed by atoms with Crippen LogP contribution in [0.25, 0.3) is 22.0 Å². The molecule has 0 saturated heterocycles. The van der Waals surface area contributed by atoms with Gasteiger partial charge in [-0.1, -0.05) is 11.6 Å². The van der Waals surface area contributed by atoms with E-state index in [-0.39, 0.29) is 44.8 Å². The smallest absolute Gasteiger partial charge is 0.416 e. The summed E-state index contributed by atoms with van der Waals surface area (Å²) in [7, 11) is 0. The average Bonchev–Trinajstić information content (AvgIpc) is 2.60. The molecule has 3 aromatic rings. The number of aliphatic carboxylic acids is 1. The Morgan fingerprint density at radius 2 is 1.86 bits per heavy atom. The Morgan fingerprint density at radius 1 is 1.14 bits per heavy atom. The van der Waals surface area contributed by atoms with E-state index >= 15 is 0 Å². The number of pyridine rings is 1. The van der Waals surface area contributed by atoms with Gasteiger partial charge in [-0.2, -0.15) is 13.2 Å². The summed E-state index contributed by atoms with van der Waals surface area (Å²) in [6, 6.07) is 6.75. The van der Waals surface area contributed by atoms with Crippen molar-refractivity contribution in [2.24, 2.45) is 0 Å². The lowest BCUT2D eigenvalue weighted by Crippen LogP contribution is -2.16. The van der Waals surface area contributed by atoms with Crippen molar-refractivity contribution in [3.63, 3.8) is 0 Å². The first-order valence-electron chi connectivity index (χ1n) is 8.04. The summed E-state index contributed by atoms with van der Waals surface area (Å²) in [6.45, 7) is 0. The zero-order valence-corrected chi connectivity index (χ0v) is 14.9. The van der Waals surface area contributed by atoms with Crippen LogP contribution in [0.1, 0.15) is 17.5 Å². The van der Waals surface area contributed by atoms with Crippen LogP contribution in [0, 0.1) is 0 Å². The number of phenols is 1. The molecule has 0 bridgehead atoms. The SMILES string of the molecule is O=C(O)CCc1c(-c2cc(Cl)ccc2O)c2cc(C(F)(F)F)ccc2[nH]c1=O. The zero-order chi connectivity index (χ0) is 20.6. The number of benzene rings is 2. The molecule has 3 rings (SSSR count). The van der Waals surface area contributed by atoms with Gasteiger partial charge in [0.2, 0.25) is 0 Å². The van der Waals surface area contributed by atoms with Gasteiger partial charge in [-0.05, 0) is 42.8 Å². The lowest BCUT2D eigenvalue weighted by molar-refractivity contribution is -0.138. The van der Waals surface area contributed by atoms with Crippen LogP contribution in [0.3, 0.4) is 0 Å². The predicted octanol–water partition coefficient (Wildman–Crippen LogP) is 4.59. The van der Waals surface area contributed by atoms with Crippen molar-refractivity contribution in [1.29, 1.82) is 0 Å². The first kappa shape index (κ1) is 19.8. The van der Waals surface area contributed by atoms with E-state index < -0.39 is 29.7 Å². The largest absolute Gasteiger partial charge is 0.507 e. The molecule has 0 fully saturated rings. The lowest BCUT2D eigenvalue weighted by Gasteiger charge is -2.16. The van der Waals surface area contributed by atoms with E-state index in [1.165, 1.54) is 18.2 Å². The highest BCUT2D eigenvalue weighted by Gasteiger charge is 2.31. The molecule has 0 aliphatic rings. The summed E-state index contributed by atoms with van der Waals surface area (Å²) in [5.41, 5.74) is -1.46. The number of hydrogen-bond donors (Lipinski definition) is 3. The van der Waals surface area contributed by atoms with Crippen LogP contribution >= 0.6 is 11.6 Å². The van der Waals surface area contributed by atoms with Crippen LogP contribution < -0.4 is 5.56 Å². The third-order valence-electron chi connectivity index (χ3n) is 4.26. The first-order chi connectivity index (χ1) is 13.1. The van der Waals surface area contributed by atoms with Crippen molar-refractivity contribution in [2.45, 2.75) is 19.0 Å². The van der Waals surface area contributed by atoms with E-state index in [2.05, 4.69) is 4.98 Å². The average molecular weight is 412 g/mol. The fourth-order valence-electron chi connectivity index (χ4n) is 3.00. The molecule has 0 aliphatic carbocycles. The minimum Gasteiger partial charge on any atom is -0.507 e. The van der Waals surface area contributed by atoms with Crippen molar-refractivity contribution in [1.82, 2.24) is 4.98 Å². The second kappa shape index (κ2) is 7.20. The number of nitrogens with one attached hydrogen (secondary N) is 1. The van der Waals surface area contributed by atoms with E-state index in [1.807, 2.05) is 0 Å². The molecule has 1 aromatic heterocycles. The molecule has 2 aromatic carbocycles. The Morgan fingerprint density at radius 3 is 2.50 bits per heavy atom. The highest BCUT2D eigenvalue weighted by Crippen LogP contribution is 2.39. The highest BCUT2D eigenvalue weighted by atomic mass is 35.5. The molecular weight excluding hydrogens is 399 g/mol. The molecule has 0 atom stereocenters. The normalized spacial score (nSPS) is 11.7. The number of carbonyl (C=O) groups is 1. The number of fused-ring (bicyclic) bond motifs is 1. The van der Waals surface area contributed by atoms with Gasteiger partial charge in [-0.25, -0.2) is 0 Å². The van der Waals surface area contributed by atoms with Crippen LogP contribution in [0.5, 0.6) is 5.75 Å². The third-order valence-corrected chi connectivity index (χ3v) is 4.49. The van der Waals surface area contributed by atoms with Gasteiger partial charge in [0.15, 0.2) is 0 Å². The van der Waals surface area contributed by atoms with E-state index in [9.17, 15) is 27.9 Å². The number of rotatable bonds is 4. The van der Waals surface area contributed by atoms with Crippen molar-refractivity contribution in [3.8, 4) is 16.9 Å². The van der Waals surface area contributed by atoms with Crippen LogP contribution in [-0.4, -0.2) is 21.2 Å². The number of aromatic hydroxyl groups is 1. The van der Waals surface area contributed by atoms with Crippen molar-refractivity contribution in [3.05, 3.63) is 62.9 Å². The van der Waals surface area contributed by atoms with Gasteiger partial charge in [-0.15, -0.1) is 0 Å². The molecule has 5 nitrogen and oxygen atoms in total. The fourth-order valence-corrected chi connectivity index (χ4v) is 3.17. The maximum absolute atomic E-state index is 13.2. The molecule has 0 unspecified atom stereocenters. The van der Waals surface area contributed by atoms with Gasteiger partial charge >= 0.3 is 12.1 Å². The Bertz CT molecular complexity index is 1140. The molecular formula is C19H13ClF3NO4. The van der Waals surface area contributed by atoms with Crippen LogP contribution in [0.15, 0.2) is 41.2 Å². The monoisotopic (exact) mass is 411 g/mol. The van der Waals surface area contributed by atoms with E-state index in [1.54, 1.807) is 0 Å². The Balaban J connectivity index is 2.43. The molecule has 3 N–H and O–H groups in total. The molecule has 0 saturated carbocycles. The molecule has 146 valence electrons. The van der Waals surface area contributed by atoms with E-state index in [4.69, 9.17) is 16.7 Å². The summed E-state index contributed by atoms with van der Waals surface area (Å²) in [5, 5.41) is 19.4. The molecule has 28 heavy (non-hydrogen) atoms. The van der Waals surface area contributed by atoms with Crippen LogP contribution in [0.2, 0.25) is 5.02 Å². The molecule has 0 radical (unpaired) electrons. The maximum atomic E-state index is 13.2. The fraction of sp³-hybridized carbons (Fsp3) is 0.158. The van der Waals surface area contributed by atoms with Crippen molar-refractivity contribution < 1.29 is 28.2 Å².